The summed E-state index contributed by atoms with van der Waals surface area (Å²) in [6, 6.07) is 0. The fourth-order valence-corrected chi connectivity index (χ4v) is 0.675. The summed E-state index contributed by atoms with van der Waals surface area (Å²) in [5.74, 6) is 0. The minimum absolute atomic E-state index is 0.0822. The van der Waals surface area contributed by atoms with E-state index in [0.29, 0.717) is 0 Å². The molecule has 8 heteroatoms. The van der Waals surface area contributed by atoms with E-state index in [1.165, 1.54) is 0 Å². The Hall–Kier alpha value is -0.230. The van der Waals surface area contributed by atoms with Crippen LogP contribution >= 0.6 is 8.25 Å². The van der Waals surface area contributed by atoms with Gasteiger partial charge in [0, 0.05) is 4.57 Å². The molecule has 0 fully saturated rings. The van der Waals surface area contributed by atoms with Crippen LogP contribution in [-0.4, -0.2) is 24.5 Å². The Morgan fingerprint density at radius 2 is 1.92 bits per heavy atom. The van der Waals surface area contributed by atoms with Crippen LogP contribution in [-0.2, 0) is 13.8 Å². The van der Waals surface area contributed by atoms with Gasteiger partial charge in [0.2, 0.25) is 0 Å². The highest BCUT2D eigenvalue weighted by molar-refractivity contribution is 7.32. The average Bonchev–Trinajstić information content (AvgIpc) is 1.83. The first-order valence-corrected chi connectivity index (χ1v) is 4.04. The molecule has 0 aliphatic carbocycles. The van der Waals surface area contributed by atoms with E-state index >= 15 is 0 Å². The summed E-state index contributed by atoms with van der Waals surface area (Å²) in [7, 11) is -2.73. The maximum atomic E-state index is 11.3. The SMILES string of the molecule is O=[P+](O)OCCCOC(F)(F)F. The van der Waals surface area contributed by atoms with Gasteiger partial charge in [-0.1, -0.05) is 0 Å². The van der Waals surface area contributed by atoms with Crippen LogP contribution in [0.2, 0.25) is 0 Å². The van der Waals surface area contributed by atoms with Crippen molar-refractivity contribution in [3.8, 4) is 0 Å². The zero-order valence-corrected chi connectivity index (χ0v) is 6.77. The van der Waals surface area contributed by atoms with Crippen LogP contribution in [0.15, 0.2) is 0 Å². The summed E-state index contributed by atoms with van der Waals surface area (Å²) >= 11 is 0. The molecule has 0 aliphatic heterocycles. The standard InChI is InChI=1S/C4H6F3O4P/c5-4(6,7)10-2-1-3-11-12(8)9/h1-3H2/p+1. The Kier molecular flexibility index (Phi) is 5.32. The minimum Gasteiger partial charge on any atom is -0.292 e. The molecule has 0 aromatic rings. The van der Waals surface area contributed by atoms with Crippen molar-refractivity contribution in [1.29, 1.82) is 0 Å². The molecule has 12 heavy (non-hydrogen) atoms. The third kappa shape index (κ3) is 9.77. The van der Waals surface area contributed by atoms with E-state index in [9.17, 15) is 17.7 Å². The van der Waals surface area contributed by atoms with Crippen molar-refractivity contribution in [2.75, 3.05) is 13.2 Å². The Balaban J connectivity index is 3.17. The summed E-state index contributed by atoms with van der Waals surface area (Å²) in [5, 5.41) is 0. The lowest BCUT2D eigenvalue weighted by Crippen LogP contribution is -2.14. The monoisotopic (exact) mass is 207 g/mol. The smallest absolute Gasteiger partial charge is 0.292 e. The molecule has 0 radical (unpaired) electrons. The van der Waals surface area contributed by atoms with Gasteiger partial charge in [-0.2, -0.15) is 0 Å². The summed E-state index contributed by atoms with van der Waals surface area (Å²) < 4.78 is 51.1. The molecular formula is C4H7F3O4P+. The molecule has 72 valence electrons. The van der Waals surface area contributed by atoms with Gasteiger partial charge in [0.15, 0.2) is 0 Å². The summed E-state index contributed by atoms with van der Waals surface area (Å²) in [6.45, 7) is -0.811. The number of rotatable bonds is 5. The molecule has 0 heterocycles. The van der Waals surface area contributed by atoms with Gasteiger partial charge in [0.05, 0.1) is 6.61 Å². The number of hydrogen-bond donors (Lipinski definition) is 1. The lowest BCUT2D eigenvalue weighted by molar-refractivity contribution is -0.324. The van der Waals surface area contributed by atoms with Crippen molar-refractivity contribution >= 4 is 8.25 Å². The first kappa shape index (κ1) is 11.8. The molecule has 1 N–H and O–H groups in total. The highest BCUT2D eigenvalue weighted by atomic mass is 31.1. The molecule has 4 nitrogen and oxygen atoms in total. The molecule has 0 aliphatic rings. The van der Waals surface area contributed by atoms with E-state index in [1.54, 1.807) is 0 Å². The molecule has 0 aromatic carbocycles. The van der Waals surface area contributed by atoms with Crippen molar-refractivity contribution in [1.82, 2.24) is 0 Å². The number of ether oxygens (including phenoxy) is 1. The molecule has 0 saturated heterocycles. The minimum atomic E-state index is -4.65. The highest BCUT2D eigenvalue weighted by Gasteiger charge is 2.28. The maximum Gasteiger partial charge on any atom is 0.694 e. The van der Waals surface area contributed by atoms with E-state index in [2.05, 4.69) is 9.26 Å². The second-order valence-corrected chi connectivity index (χ2v) is 2.45. The van der Waals surface area contributed by atoms with E-state index in [1.807, 2.05) is 0 Å². The Morgan fingerprint density at radius 1 is 1.33 bits per heavy atom. The normalized spacial score (nSPS) is 13.2. The van der Waals surface area contributed by atoms with Gasteiger partial charge >= 0.3 is 14.6 Å². The van der Waals surface area contributed by atoms with Crippen molar-refractivity contribution in [2.45, 2.75) is 12.8 Å². The quantitative estimate of drug-likeness (QED) is 0.549. The molecule has 0 spiro atoms. The predicted octanol–water partition coefficient (Wildman–Crippen LogP) is 1.58. The predicted molar refractivity (Wildman–Crippen MR) is 32.4 cm³/mol. The van der Waals surface area contributed by atoms with Crippen LogP contribution in [0.5, 0.6) is 0 Å². The molecule has 1 atom stereocenters. The van der Waals surface area contributed by atoms with Crippen molar-refractivity contribution in [3.63, 3.8) is 0 Å². The zero-order valence-electron chi connectivity index (χ0n) is 5.87. The van der Waals surface area contributed by atoms with Gasteiger partial charge in [-0.05, 0) is 6.42 Å². The van der Waals surface area contributed by atoms with Gasteiger partial charge < -0.3 is 0 Å². The number of alkyl halides is 3. The van der Waals surface area contributed by atoms with E-state index < -0.39 is 21.2 Å². The Bertz CT molecular complexity index is 148. The molecule has 0 rings (SSSR count). The Morgan fingerprint density at radius 3 is 2.33 bits per heavy atom. The highest BCUT2D eigenvalue weighted by Crippen LogP contribution is 2.17. The van der Waals surface area contributed by atoms with Gasteiger partial charge in [-0.3, -0.25) is 4.74 Å². The summed E-state index contributed by atoms with van der Waals surface area (Å²) in [6.07, 6.45) is -4.73. The fourth-order valence-electron chi connectivity index (χ4n) is 0.389. The number of halogens is 3. The van der Waals surface area contributed by atoms with Crippen molar-refractivity contribution in [3.05, 3.63) is 0 Å². The second-order valence-electron chi connectivity index (χ2n) is 1.72. The van der Waals surface area contributed by atoms with Crippen molar-refractivity contribution in [2.24, 2.45) is 0 Å². The summed E-state index contributed by atoms with van der Waals surface area (Å²) in [4.78, 5) is 8.04. The zero-order chi connectivity index (χ0) is 9.61. The molecule has 0 bridgehead atoms. The second kappa shape index (κ2) is 5.42. The van der Waals surface area contributed by atoms with Crippen molar-refractivity contribution < 1.29 is 31.9 Å². The van der Waals surface area contributed by atoms with Gasteiger partial charge in [0.1, 0.15) is 6.61 Å². The average molecular weight is 207 g/mol. The van der Waals surface area contributed by atoms with E-state index in [-0.39, 0.29) is 13.0 Å². The molecule has 0 aromatic heterocycles. The van der Waals surface area contributed by atoms with Crippen LogP contribution < -0.4 is 0 Å². The third-order valence-electron chi connectivity index (χ3n) is 0.756. The molecular weight excluding hydrogens is 200 g/mol. The van der Waals surface area contributed by atoms with E-state index in [4.69, 9.17) is 4.89 Å². The van der Waals surface area contributed by atoms with Crippen LogP contribution in [0.3, 0.4) is 0 Å². The fraction of sp³-hybridized carbons (Fsp3) is 1.00. The molecule has 0 amide bonds. The molecule has 0 saturated carbocycles. The Labute approximate surface area is 67.2 Å². The first-order valence-electron chi connectivity index (χ1n) is 2.91. The van der Waals surface area contributed by atoms with Gasteiger partial charge in [0.25, 0.3) is 0 Å². The van der Waals surface area contributed by atoms with E-state index in [0.717, 1.165) is 0 Å². The molecule has 1 unspecified atom stereocenters. The van der Waals surface area contributed by atoms with Gasteiger partial charge in [-0.25, -0.2) is 0 Å². The van der Waals surface area contributed by atoms with Crippen LogP contribution in [0.4, 0.5) is 13.2 Å². The largest absolute Gasteiger partial charge is 0.694 e. The topological polar surface area (TPSA) is 55.8 Å². The van der Waals surface area contributed by atoms with Gasteiger partial charge in [-0.15, -0.1) is 22.6 Å². The van der Waals surface area contributed by atoms with Crippen LogP contribution in [0.25, 0.3) is 0 Å². The van der Waals surface area contributed by atoms with Crippen LogP contribution in [0, 0.1) is 0 Å². The van der Waals surface area contributed by atoms with Crippen LogP contribution in [0.1, 0.15) is 6.42 Å². The summed E-state index contributed by atoms with van der Waals surface area (Å²) in [5.41, 5.74) is 0. The first-order chi connectivity index (χ1) is 5.42. The maximum absolute atomic E-state index is 11.3. The number of hydrogen-bond acceptors (Lipinski definition) is 3. The lowest BCUT2D eigenvalue weighted by atomic mass is 10.5. The third-order valence-corrected chi connectivity index (χ3v) is 1.16. The lowest BCUT2D eigenvalue weighted by Gasteiger charge is -2.04.